The summed E-state index contributed by atoms with van der Waals surface area (Å²) in [5.74, 6) is 1.06. The highest BCUT2D eigenvalue weighted by Gasteiger charge is 2.19. The van der Waals surface area contributed by atoms with Crippen molar-refractivity contribution in [2.45, 2.75) is 33.2 Å². The standard InChI is InChI=1S/C15H26N4O2/c1-3-4-5-16-15(20)12-19-8-6-18(7-9-19)11-14-10-13(2)17-21-14/h10H,3-9,11-12H2,1-2H3,(H,16,20). The molecule has 1 fully saturated rings. The molecule has 1 aliphatic heterocycles. The molecule has 1 aromatic rings. The number of carbonyl (C=O) groups excluding carboxylic acids is 1. The summed E-state index contributed by atoms with van der Waals surface area (Å²) in [5.41, 5.74) is 0.924. The van der Waals surface area contributed by atoms with E-state index < -0.39 is 0 Å². The van der Waals surface area contributed by atoms with Crippen LogP contribution < -0.4 is 5.32 Å². The Morgan fingerprint density at radius 1 is 1.33 bits per heavy atom. The minimum atomic E-state index is 0.141. The van der Waals surface area contributed by atoms with Crippen LogP contribution in [0.2, 0.25) is 0 Å². The van der Waals surface area contributed by atoms with E-state index in [1.807, 2.05) is 13.0 Å². The second-order valence-corrected chi connectivity index (χ2v) is 5.69. The molecule has 0 unspecified atom stereocenters. The van der Waals surface area contributed by atoms with E-state index >= 15 is 0 Å². The Hall–Kier alpha value is -1.40. The van der Waals surface area contributed by atoms with Crippen LogP contribution in [0.4, 0.5) is 0 Å². The Morgan fingerprint density at radius 3 is 2.67 bits per heavy atom. The minimum absolute atomic E-state index is 0.141. The number of nitrogens with zero attached hydrogens (tertiary/aromatic N) is 3. The zero-order valence-corrected chi connectivity index (χ0v) is 13.1. The van der Waals surface area contributed by atoms with Crippen molar-refractivity contribution in [3.05, 3.63) is 17.5 Å². The quantitative estimate of drug-likeness (QED) is 0.761. The van der Waals surface area contributed by atoms with Crippen molar-refractivity contribution in [2.75, 3.05) is 39.3 Å². The second-order valence-electron chi connectivity index (χ2n) is 5.69. The second kappa shape index (κ2) is 8.14. The summed E-state index contributed by atoms with van der Waals surface area (Å²) in [5, 5.41) is 6.87. The smallest absolute Gasteiger partial charge is 0.234 e. The number of carbonyl (C=O) groups is 1. The molecule has 21 heavy (non-hydrogen) atoms. The number of hydrogen-bond acceptors (Lipinski definition) is 5. The van der Waals surface area contributed by atoms with Gasteiger partial charge >= 0.3 is 0 Å². The predicted octanol–water partition coefficient (Wildman–Crippen LogP) is 1.02. The molecule has 0 atom stereocenters. The third-order valence-electron chi connectivity index (χ3n) is 3.74. The minimum Gasteiger partial charge on any atom is -0.360 e. The van der Waals surface area contributed by atoms with Crippen molar-refractivity contribution in [2.24, 2.45) is 0 Å². The molecular weight excluding hydrogens is 268 g/mol. The van der Waals surface area contributed by atoms with Crippen LogP contribution in [0, 0.1) is 6.92 Å². The number of rotatable bonds is 7. The third kappa shape index (κ3) is 5.47. The molecule has 118 valence electrons. The van der Waals surface area contributed by atoms with Crippen LogP contribution in [0.3, 0.4) is 0 Å². The fourth-order valence-electron chi connectivity index (χ4n) is 2.48. The summed E-state index contributed by atoms with van der Waals surface area (Å²) in [6.07, 6.45) is 2.16. The lowest BCUT2D eigenvalue weighted by Gasteiger charge is -2.33. The lowest BCUT2D eigenvalue weighted by molar-refractivity contribution is -0.122. The molecule has 0 saturated carbocycles. The SMILES string of the molecule is CCCCNC(=O)CN1CCN(Cc2cc(C)no2)CC1. The normalized spacial score (nSPS) is 17.0. The van der Waals surface area contributed by atoms with Gasteiger partial charge in [-0.2, -0.15) is 0 Å². The predicted molar refractivity (Wildman–Crippen MR) is 80.9 cm³/mol. The molecule has 2 heterocycles. The molecule has 2 rings (SSSR count). The van der Waals surface area contributed by atoms with E-state index in [4.69, 9.17) is 4.52 Å². The van der Waals surface area contributed by atoms with Crippen LogP contribution in [-0.4, -0.2) is 60.1 Å². The van der Waals surface area contributed by atoms with Crippen molar-refractivity contribution in [3.8, 4) is 0 Å². The highest BCUT2D eigenvalue weighted by Crippen LogP contribution is 2.09. The van der Waals surface area contributed by atoms with Crippen molar-refractivity contribution < 1.29 is 9.32 Å². The third-order valence-corrected chi connectivity index (χ3v) is 3.74. The van der Waals surface area contributed by atoms with E-state index in [9.17, 15) is 4.79 Å². The summed E-state index contributed by atoms with van der Waals surface area (Å²) in [6, 6.07) is 1.98. The van der Waals surface area contributed by atoms with Crippen molar-refractivity contribution in [1.82, 2.24) is 20.3 Å². The van der Waals surface area contributed by atoms with Gasteiger partial charge in [0.2, 0.25) is 5.91 Å². The van der Waals surface area contributed by atoms with Crippen LogP contribution in [0.25, 0.3) is 0 Å². The molecular formula is C15H26N4O2. The number of aryl methyl sites for hydroxylation is 1. The zero-order chi connectivity index (χ0) is 15.1. The number of hydrogen-bond donors (Lipinski definition) is 1. The lowest BCUT2D eigenvalue weighted by Crippen LogP contribution is -2.49. The average molecular weight is 294 g/mol. The number of unbranched alkanes of at least 4 members (excludes halogenated alkanes) is 1. The molecule has 0 spiro atoms. The molecule has 0 aromatic carbocycles. The van der Waals surface area contributed by atoms with Crippen molar-refractivity contribution in [3.63, 3.8) is 0 Å². The Labute approximate surface area is 126 Å². The Bertz CT molecular complexity index is 439. The van der Waals surface area contributed by atoms with Crippen LogP contribution in [0.15, 0.2) is 10.6 Å². The number of piperazine rings is 1. The van der Waals surface area contributed by atoms with E-state index in [2.05, 4.69) is 27.2 Å². The van der Waals surface area contributed by atoms with Gasteiger partial charge in [0.1, 0.15) is 0 Å². The first-order chi connectivity index (χ1) is 10.2. The molecule has 0 bridgehead atoms. The van der Waals surface area contributed by atoms with Gasteiger partial charge in [0.05, 0.1) is 18.8 Å². The maximum atomic E-state index is 11.8. The van der Waals surface area contributed by atoms with E-state index in [0.717, 1.165) is 63.6 Å². The maximum Gasteiger partial charge on any atom is 0.234 e. The van der Waals surface area contributed by atoms with Crippen LogP contribution >= 0.6 is 0 Å². The van der Waals surface area contributed by atoms with Gasteiger partial charge in [-0.25, -0.2) is 0 Å². The van der Waals surface area contributed by atoms with E-state index in [-0.39, 0.29) is 5.91 Å². The van der Waals surface area contributed by atoms with Crippen LogP contribution in [-0.2, 0) is 11.3 Å². The van der Waals surface area contributed by atoms with Gasteiger partial charge in [0.15, 0.2) is 5.76 Å². The molecule has 1 amide bonds. The fraction of sp³-hybridized carbons (Fsp3) is 0.733. The monoisotopic (exact) mass is 294 g/mol. The molecule has 1 saturated heterocycles. The van der Waals surface area contributed by atoms with Gasteiger partial charge < -0.3 is 9.84 Å². The molecule has 0 radical (unpaired) electrons. The first kappa shape index (κ1) is 16.0. The highest BCUT2D eigenvalue weighted by atomic mass is 16.5. The number of amides is 1. The van der Waals surface area contributed by atoms with Crippen LogP contribution in [0.5, 0.6) is 0 Å². The Kier molecular flexibility index (Phi) is 6.20. The number of nitrogens with one attached hydrogen (secondary N) is 1. The molecule has 1 aromatic heterocycles. The zero-order valence-electron chi connectivity index (χ0n) is 13.1. The van der Waals surface area contributed by atoms with Crippen molar-refractivity contribution in [1.29, 1.82) is 0 Å². The Morgan fingerprint density at radius 2 is 2.05 bits per heavy atom. The molecule has 6 nitrogen and oxygen atoms in total. The van der Waals surface area contributed by atoms with Gasteiger partial charge in [-0.1, -0.05) is 18.5 Å². The van der Waals surface area contributed by atoms with Gasteiger partial charge in [-0.15, -0.1) is 0 Å². The van der Waals surface area contributed by atoms with Gasteiger partial charge in [0, 0.05) is 38.8 Å². The first-order valence-electron chi connectivity index (χ1n) is 7.81. The van der Waals surface area contributed by atoms with Crippen molar-refractivity contribution >= 4 is 5.91 Å². The Balaban J connectivity index is 1.65. The molecule has 1 N–H and O–H groups in total. The highest BCUT2D eigenvalue weighted by molar-refractivity contribution is 5.77. The summed E-state index contributed by atoms with van der Waals surface area (Å²) >= 11 is 0. The average Bonchev–Trinajstić information content (AvgIpc) is 2.87. The van der Waals surface area contributed by atoms with Gasteiger partial charge in [-0.3, -0.25) is 14.6 Å². The van der Waals surface area contributed by atoms with Crippen LogP contribution in [0.1, 0.15) is 31.2 Å². The summed E-state index contributed by atoms with van der Waals surface area (Å²) < 4.78 is 5.24. The maximum absolute atomic E-state index is 11.8. The first-order valence-corrected chi connectivity index (χ1v) is 7.81. The summed E-state index contributed by atoms with van der Waals surface area (Å²) in [4.78, 5) is 16.3. The van der Waals surface area contributed by atoms with Gasteiger partial charge in [-0.05, 0) is 13.3 Å². The largest absolute Gasteiger partial charge is 0.360 e. The summed E-state index contributed by atoms with van der Waals surface area (Å²) in [7, 11) is 0. The van der Waals surface area contributed by atoms with E-state index in [1.165, 1.54) is 0 Å². The topological polar surface area (TPSA) is 61.6 Å². The number of aromatic nitrogens is 1. The lowest BCUT2D eigenvalue weighted by atomic mass is 10.3. The molecule has 0 aliphatic carbocycles. The van der Waals surface area contributed by atoms with E-state index in [0.29, 0.717) is 6.54 Å². The molecule has 6 heteroatoms. The molecule has 1 aliphatic rings. The van der Waals surface area contributed by atoms with E-state index in [1.54, 1.807) is 0 Å². The fourth-order valence-corrected chi connectivity index (χ4v) is 2.48. The van der Waals surface area contributed by atoms with Gasteiger partial charge in [0.25, 0.3) is 0 Å². The summed E-state index contributed by atoms with van der Waals surface area (Å²) in [6.45, 7) is 9.94.